The Balaban J connectivity index is 1.87. The lowest BCUT2D eigenvalue weighted by atomic mass is 9.80. The van der Waals surface area contributed by atoms with Crippen LogP contribution in [-0.2, 0) is 11.2 Å². The van der Waals surface area contributed by atoms with E-state index in [0.29, 0.717) is 12.8 Å². The summed E-state index contributed by atoms with van der Waals surface area (Å²) in [6, 6.07) is 6.16. The Morgan fingerprint density at radius 3 is 2.71 bits per heavy atom. The molecule has 0 bridgehead atoms. The molecule has 0 aliphatic heterocycles. The lowest BCUT2D eigenvalue weighted by molar-refractivity contribution is -0.129. The summed E-state index contributed by atoms with van der Waals surface area (Å²) < 4.78 is 5.30. The van der Waals surface area contributed by atoms with Crippen LogP contribution in [0.15, 0.2) is 22.8 Å². The minimum atomic E-state index is -0.810. The van der Waals surface area contributed by atoms with Crippen molar-refractivity contribution in [2.45, 2.75) is 64.3 Å². The highest BCUT2D eigenvalue weighted by molar-refractivity contribution is 5.85. The molecule has 1 fully saturated rings. The molecule has 1 amide bonds. The summed E-state index contributed by atoms with van der Waals surface area (Å²) >= 11 is 0. The highest BCUT2D eigenvalue weighted by atomic mass is 16.3. The van der Waals surface area contributed by atoms with Gasteiger partial charge in [0, 0.05) is 12.5 Å². The summed E-state index contributed by atoms with van der Waals surface area (Å²) in [5, 5.41) is 12.5. The molecule has 0 aromatic carbocycles. The topological polar surface area (TPSA) is 66.0 Å². The number of nitriles is 1. The molecule has 0 saturated heterocycles. The van der Waals surface area contributed by atoms with Crippen molar-refractivity contribution >= 4 is 5.91 Å². The first kappa shape index (κ1) is 15.6. The molecule has 4 heteroatoms. The number of nitrogens with one attached hydrogen (secondary N) is 1. The Morgan fingerprint density at radius 2 is 2.14 bits per heavy atom. The number of amides is 1. The van der Waals surface area contributed by atoms with Gasteiger partial charge in [0.05, 0.1) is 12.3 Å². The van der Waals surface area contributed by atoms with E-state index in [1.165, 1.54) is 0 Å². The second-order valence-electron chi connectivity index (χ2n) is 6.10. The Bertz CT molecular complexity index is 479. The van der Waals surface area contributed by atoms with E-state index in [2.05, 4.69) is 11.4 Å². The molecule has 1 saturated carbocycles. The first-order valence-electron chi connectivity index (χ1n) is 7.91. The Labute approximate surface area is 126 Å². The molecule has 0 radical (unpaired) electrons. The molecule has 1 heterocycles. The van der Waals surface area contributed by atoms with Crippen LogP contribution in [0.1, 0.15) is 57.6 Å². The predicted molar refractivity (Wildman–Crippen MR) is 80.4 cm³/mol. The van der Waals surface area contributed by atoms with Gasteiger partial charge in [-0.1, -0.05) is 25.7 Å². The maximum atomic E-state index is 12.5. The van der Waals surface area contributed by atoms with Gasteiger partial charge < -0.3 is 9.73 Å². The molecule has 1 aliphatic carbocycles. The summed E-state index contributed by atoms with van der Waals surface area (Å²) in [6.45, 7) is 1.99. The second-order valence-corrected chi connectivity index (χ2v) is 6.10. The fourth-order valence-electron chi connectivity index (χ4n) is 2.97. The third-order valence-corrected chi connectivity index (χ3v) is 4.39. The van der Waals surface area contributed by atoms with E-state index < -0.39 is 5.41 Å². The number of hydrogen-bond donors (Lipinski definition) is 1. The maximum Gasteiger partial charge on any atom is 0.240 e. The van der Waals surface area contributed by atoms with Gasteiger partial charge in [-0.2, -0.15) is 5.26 Å². The van der Waals surface area contributed by atoms with Crippen molar-refractivity contribution in [1.82, 2.24) is 5.32 Å². The summed E-state index contributed by atoms with van der Waals surface area (Å²) in [5.74, 6) is 0.847. The quantitative estimate of drug-likeness (QED) is 0.842. The van der Waals surface area contributed by atoms with Crippen LogP contribution in [0.2, 0.25) is 0 Å². The van der Waals surface area contributed by atoms with E-state index >= 15 is 0 Å². The van der Waals surface area contributed by atoms with Gasteiger partial charge in [-0.05, 0) is 38.3 Å². The van der Waals surface area contributed by atoms with Crippen LogP contribution in [0.25, 0.3) is 0 Å². The van der Waals surface area contributed by atoms with Crippen molar-refractivity contribution in [2.24, 2.45) is 5.41 Å². The minimum Gasteiger partial charge on any atom is -0.469 e. The van der Waals surface area contributed by atoms with Crippen LogP contribution in [0.4, 0.5) is 0 Å². The van der Waals surface area contributed by atoms with Gasteiger partial charge in [-0.3, -0.25) is 4.79 Å². The zero-order valence-electron chi connectivity index (χ0n) is 12.7. The minimum absolute atomic E-state index is 0.0519. The third-order valence-electron chi connectivity index (χ3n) is 4.39. The summed E-state index contributed by atoms with van der Waals surface area (Å²) in [4.78, 5) is 12.5. The first-order valence-corrected chi connectivity index (χ1v) is 7.91. The maximum absolute atomic E-state index is 12.5. The standard InChI is InChI=1S/C17H24N2O2/c1-14(8-9-15-7-6-12-21-15)19-16(20)17(13-18)10-4-2-3-5-11-17/h6-7,12,14H,2-5,8-11H2,1H3,(H,19,20). The lowest BCUT2D eigenvalue weighted by Crippen LogP contribution is -2.44. The van der Waals surface area contributed by atoms with Crippen molar-refractivity contribution in [3.63, 3.8) is 0 Å². The van der Waals surface area contributed by atoms with Gasteiger partial charge in [0.15, 0.2) is 0 Å². The van der Waals surface area contributed by atoms with Gasteiger partial charge in [0.1, 0.15) is 11.2 Å². The molecule has 2 rings (SSSR count). The number of carbonyl (C=O) groups excluding carboxylic acids is 1. The van der Waals surface area contributed by atoms with Gasteiger partial charge in [0.25, 0.3) is 0 Å². The smallest absolute Gasteiger partial charge is 0.240 e. The molecule has 1 unspecified atom stereocenters. The Kier molecular flexibility index (Phi) is 5.44. The third kappa shape index (κ3) is 4.10. The fraction of sp³-hybridized carbons (Fsp3) is 0.647. The van der Waals surface area contributed by atoms with Crippen LogP contribution < -0.4 is 5.32 Å². The van der Waals surface area contributed by atoms with Crippen LogP contribution in [-0.4, -0.2) is 11.9 Å². The number of carbonyl (C=O) groups is 1. The van der Waals surface area contributed by atoms with E-state index in [0.717, 1.165) is 44.3 Å². The van der Waals surface area contributed by atoms with Crippen molar-refractivity contribution in [1.29, 1.82) is 5.26 Å². The molecule has 1 atom stereocenters. The molecular weight excluding hydrogens is 264 g/mol. The molecule has 114 valence electrons. The second kappa shape index (κ2) is 7.31. The van der Waals surface area contributed by atoms with E-state index in [1.54, 1.807) is 6.26 Å². The molecule has 1 aromatic heterocycles. The average molecular weight is 288 g/mol. The Hall–Kier alpha value is -1.76. The van der Waals surface area contributed by atoms with Crippen molar-refractivity contribution in [3.05, 3.63) is 24.2 Å². The van der Waals surface area contributed by atoms with Gasteiger partial charge in [-0.25, -0.2) is 0 Å². The highest BCUT2D eigenvalue weighted by Gasteiger charge is 2.39. The number of nitrogens with zero attached hydrogens (tertiary/aromatic N) is 1. The molecule has 0 spiro atoms. The van der Waals surface area contributed by atoms with Crippen molar-refractivity contribution in [2.75, 3.05) is 0 Å². The fourth-order valence-corrected chi connectivity index (χ4v) is 2.97. The highest BCUT2D eigenvalue weighted by Crippen LogP contribution is 2.34. The normalized spacial score (nSPS) is 19.2. The predicted octanol–water partition coefficient (Wildman–Crippen LogP) is 3.58. The lowest BCUT2D eigenvalue weighted by Gasteiger charge is -2.26. The van der Waals surface area contributed by atoms with E-state index in [-0.39, 0.29) is 11.9 Å². The monoisotopic (exact) mass is 288 g/mol. The Morgan fingerprint density at radius 1 is 1.43 bits per heavy atom. The summed E-state index contributed by atoms with van der Waals surface area (Å²) in [7, 11) is 0. The summed E-state index contributed by atoms with van der Waals surface area (Å²) in [5.41, 5.74) is -0.810. The average Bonchev–Trinajstić information content (AvgIpc) is 2.88. The number of rotatable bonds is 5. The first-order chi connectivity index (χ1) is 10.2. The van der Waals surface area contributed by atoms with Crippen LogP contribution in [0.3, 0.4) is 0 Å². The SMILES string of the molecule is CC(CCc1ccco1)NC(=O)C1(C#N)CCCCCC1. The van der Waals surface area contributed by atoms with E-state index in [1.807, 2.05) is 19.1 Å². The number of hydrogen-bond acceptors (Lipinski definition) is 3. The van der Waals surface area contributed by atoms with Crippen LogP contribution in [0.5, 0.6) is 0 Å². The van der Waals surface area contributed by atoms with E-state index in [9.17, 15) is 10.1 Å². The molecule has 1 aromatic rings. The van der Waals surface area contributed by atoms with Crippen LogP contribution >= 0.6 is 0 Å². The summed E-state index contributed by atoms with van der Waals surface area (Å²) in [6.07, 6.45) is 8.88. The molecule has 1 aliphatic rings. The van der Waals surface area contributed by atoms with Crippen LogP contribution in [0, 0.1) is 16.7 Å². The molecule has 4 nitrogen and oxygen atoms in total. The van der Waals surface area contributed by atoms with Crippen molar-refractivity contribution in [3.8, 4) is 6.07 Å². The van der Waals surface area contributed by atoms with Crippen molar-refractivity contribution < 1.29 is 9.21 Å². The molecular formula is C17H24N2O2. The van der Waals surface area contributed by atoms with Gasteiger partial charge >= 0.3 is 0 Å². The zero-order valence-corrected chi connectivity index (χ0v) is 12.7. The number of furan rings is 1. The molecule has 21 heavy (non-hydrogen) atoms. The van der Waals surface area contributed by atoms with Gasteiger partial charge in [-0.15, -0.1) is 0 Å². The number of aryl methyl sites for hydroxylation is 1. The van der Waals surface area contributed by atoms with Gasteiger partial charge in [0.2, 0.25) is 5.91 Å². The molecule has 1 N–H and O–H groups in total. The van der Waals surface area contributed by atoms with E-state index in [4.69, 9.17) is 4.42 Å². The zero-order chi connectivity index (χ0) is 15.1. The largest absolute Gasteiger partial charge is 0.469 e.